The Hall–Kier alpha value is -3.74. The molecular formula is C41H53N5O. The van der Waals surface area contributed by atoms with E-state index in [-0.39, 0.29) is 17.4 Å². The number of H-pyrrole nitrogens is 1. The van der Waals surface area contributed by atoms with Crippen molar-refractivity contribution in [1.29, 1.82) is 0 Å². The molecule has 1 saturated carbocycles. The van der Waals surface area contributed by atoms with Gasteiger partial charge in [-0.2, -0.15) is 0 Å². The molecule has 2 atom stereocenters. The highest BCUT2D eigenvalue weighted by atomic mass is 16.2. The first-order chi connectivity index (χ1) is 23.2. The number of hydrogen-bond donors (Lipinski definition) is 4. The Morgan fingerprint density at radius 1 is 0.787 bits per heavy atom. The molecule has 248 valence electrons. The second kappa shape index (κ2) is 15.0. The Kier molecular flexibility index (Phi) is 10.6. The van der Waals surface area contributed by atoms with Crippen LogP contribution in [0.2, 0.25) is 0 Å². The van der Waals surface area contributed by atoms with E-state index in [1.165, 1.54) is 71.9 Å². The predicted molar refractivity (Wildman–Crippen MR) is 196 cm³/mol. The number of aromatic nitrogens is 2. The van der Waals surface area contributed by atoms with Crippen molar-refractivity contribution >= 4 is 11.6 Å². The first-order valence-corrected chi connectivity index (χ1v) is 18.4. The molecule has 2 aliphatic carbocycles. The van der Waals surface area contributed by atoms with Gasteiger partial charge >= 0.3 is 0 Å². The first kappa shape index (κ1) is 33.2. The Balaban J connectivity index is 0.000000932. The molecule has 2 unspecified atom stereocenters. The molecule has 0 bridgehead atoms. The van der Waals surface area contributed by atoms with Gasteiger partial charge in [0.05, 0.1) is 24.0 Å². The predicted octanol–water partition coefficient (Wildman–Crippen LogP) is 9.34. The lowest BCUT2D eigenvalue weighted by atomic mass is 9.76. The van der Waals surface area contributed by atoms with Crippen LogP contribution in [0.4, 0.5) is 5.69 Å². The molecule has 4 aliphatic rings. The summed E-state index contributed by atoms with van der Waals surface area (Å²) >= 11 is 0. The third kappa shape index (κ3) is 6.68. The van der Waals surface area contributed by atoms with Gasteiger partial charge in [0.15, 0.2) is 0 Å². The van der Waals surface area contributed by atoms with Crippen molar-refractivity contribution in [2.45, 2.75) is 109 Å². The molecule has 1 spiro atoms. The van der Waals surface area contributed by atoms with Crippen molar-refractivity contribution in [2.75, 3.05) is 18.4 Å². The number of nitrogens with one attached hydrogen (secondary N) is 4. The van der Waals surface area contributed by atoms with Gasteiger partial charge < -0.3 is 20.9 Å². The van der Waals surface area contributed by atoms with Crippen molar-refractivity contribution in [2.24, 2.45) is 0 Å². The van der Waals surface area contributed by atoms with Gasteiger partial charge in [-0.25, -0.2) is 4.98 Å². The minimum atomic E-state index is -0.0829. The number of rotatable bonds is 6. The van der Waals surface area contributed by atoms with E-state index in [9.17, 15) is 4.79 Å². The van der Waals surface area contributed by atoms with Crippen LogP contribution in [0.15, 0.2) is 66.9 Å². The molecule has 1 aromatic heterocycles. The summed E-state index contributed by atoms with van der Waals surface area (Å²) < 4.78 is 0. The van der Waals surface area contributed by atoms with E-state index in [2.05, 4.69) is 80.5 Å². The summed E-state index contributed by atoms with van der Waals surface area (Å²) in [4.78, 5) is 21.1. The Labute approximate surface area is 281 Å². The molecule has 6 heteroatoms. The fourth-order valence-corrected chi connectivity index (χ4v) is 8.38. The summed E-state index contributed by atoms with van der Waals surface area (Å²) in [6.07, 6.45) is 13.8. The van der Waals surface area contributed by atoms with Gasteiger partial charge in [0, 0.05) is 5.69 Å². The number of anilines is 1. The zero-order valence-electron chi connectivity index (χ0n) is 28.8. The minimum absolute atomic E-state index is 0.0742. The first-order valence-electron chi connectivity index (χ1n) is 18.4. The van der Waals surface area contributed by atoms with Crippen molar-refractivity contribution in [1.82, 2.24) is 20.6 Å². The minimum Gasteiger partial charge on any atom is -0.341 e. The summed E-state index contributed by atoms with van der Waals surface area (Å²) in [7, 11) is 0. The number of fused-ring (bicyclic) bond motifs is 2. The summed E-state index contributed by atoms with van der Waals surface area (Å²) in [6, 6.07) is 22.5. The smallest absolute Gasteiger partial charge is 0.241 e. The van der Waals surface area contributed by atoms with Crippen LogP contribution in [0.3, 0.4) is 0 Å². The lowest BCUT2D eigenvalue weighted by Crippen LogP contribution is -2.35. The van der Waals surface area contributed by atoms with Gasteiger partial charge in [0.1, 0.15) is 5.82 Å². The normalized spacial score (nSPS) is 20.7. The highest BCUT2D eigenvalue weighted by Crippen LogP contribution is 2.55. The Morgan fingerprint density at radius 2 is 1.51 bits per heavy atom. The molecule has 4 N–H and O–H groups in total. The molecule has 8 rings (SSSR count). The molecule has 2 saturated heterocycles. The standard InChI is InChI=1S/C37H41N5O.2C2H6/c43-36(32-9-5-21-39-32)41-27-7-3-6-26(22-27)28-14-15-29(34-30(28)16-19-37(34)17-1-2-18-37)24-10-12-25(13-11-24)33-23-40-35(42-33)31-8-4-20-38-31;2*1-2/h3,6-7,10-15,22-23,31-32,38-39H,1-2,4-5,8-9,16-21H2,(H,40,42)(H,41,43);2*1-2H3. The summed E-state index contributed by atoms with van der Waals surface area (Å²) in [5.41, 5.74) is 11.7. The fourth-order valence-electron chi connectivity index (χ4n) is 8.38. The second-order valence-electron chi connectivity index (χ2n) is 13.1. The molecule has 4 aromatic rings. The summed E-state index contributed by atoms with van der Waals surface area (Å²) in [6.45, 7) is 9.99. The van der Waals surface area contributed by atoms with Crippen LogP contribution in [0.5, 0.6) is 0 Å². The number of carbonyl (C=O) groups excluding carboxylic acids is 1. The van der Waals surface area contributed by atoms with Gasteiger partial charge in [-0.05, 0) is 121 Å². The van der Waals surface area contributed by atoms with Gasteiger partial charge in [-0.1, -0.05) is 89.1 Å². The quantitative estimate of drug-likeness (QED) is 0.171. The number of carbonyl (C=O) groups is 1. The number of hydrogen-bond acceptors (Lipinski definition) is 4. The lowest BCUT2D eigenvalue weighted by Gasteiger charge is -2.28. The highest BCUT2D eigenvalue weighted by Gasteiger charge is 2.43. The van der Waals surface area contributed by atoms with Crippen LogP contribution in [0.1, 0.15) is 108 Å². The second-order valence-corrected chi connectivity index (χ2v) is 13.1. The molecule has 3 aromatic carbocycles. The SMILES string of the molecule is CC.CC.O=C(Nc1cccc(-c2ccc(-c3ccc(-c4cnc(C5CCCN5)[nH]4)cc3)c3c2CCC32CCCC2)c1)C1CCCN1. The molecule has 3 heterocycles. The largest absolute Gasteiger partial charge is 0.341 e. The zero-order chi connectivity index (χ0) is 32.8. The molecule has 1 amide bonds. The number of benzene rings is 3. The molecular weight excluding hydrogens is 578 g/mol. The Morgan fingerprint density at radius 3 is 2.23 bits per heavy atom. The number of aromatic amines is 1. The maximum atomic E-state index is 12.8. The van der Waals surface area contributed by atoms with E-state index in [1.807, 2.05) is 40.0 Å². The van der Waals surface area contributed by atoms with E-state index in [0.29, 0.717) is 6.04 Å². The number of amides is 1. The van der Waals surface area contributed by atoms with Crippen molar-refractivity contribution in [3.8, 4) is 33.5 Å². The maximum Gasteiger partial charge on any atom is 0.241 e. The molecule has 47 heavy (non-hydrogen) atoms. The average Bonchev–Trinajstić information content (AvgIpc) is 3.98. The van der Waals surface area contributed by atoms with Crippen LogP contribution in [0, 0.1) is 0 Å². The third-order valence-electron chi connectivity index (χ3n) is 10.6. The molecule has 2 aliphatic heterocycles. The zero-order valence-corrected chi connectivity index (χ0v) is 28.8. The molecule has 3 fully saturated rings. The van der Waals surface area contributed by atoms with E-state index in [0.717, 1.165) is 56.0 Å². The van der Waals surface area contributed by atoms with Crippen molar-refractivity contribution in [3.63, 3.8) is 0 Å². The highest BCUT2D eigenvalue weighted by molar-refractivity contribution is 5.95. The lowest BCUT2D eigenvalue weighted by molar-refractivity contribution is -0.117. The Bertz CT molecular complexity index is 1640. The number of nitrogens with zero attached hydrogens (tertiary/aromatic N) is 1. The topological polar surface area (TPSA) is 81.8 Å². The van der Waals surface area contributed by atoms with E-state index in [4.69, 9.17) is 0 Å². The third-order valence-corrected chi connectivity index (χ3v) is 10.6. The molecule has 0 radical (unpaired) electrons. The molecule has 6 nitrogen and oxygen atoms in total. The average molecular weight is 632 g/mol. The monoisotopic (exact) mass is 631 g/mol. The summed E-state index contributed by atoms with van der Waals surface area (Å²) in [5.74, 6) is 1.12. The van der Waals surface area contributed by atoms with Gasteiger partial charge in [0.2, 0.25) is 5.91 Å². The fraction of sp³-hybridized carbons (Fsp3) is 0.463. The van der Waals surface area contributed by atoms with Crippen LogP contribution >= 0.6 is 0 Å². The van der Waals surface area contributed by atoms with Crippen LogP contribution in [-0.2, 0) is 16.6 Å². The van der Waals surface area contributed by atoms with Gasteiger partial charge in [-0.15, -0.1) is 0 Å². The van der Waals surface area contributed by atoms with E-state index >= 15 is 0 Å². The van der Waals surface area contributed by atoms with Gasteiger partial charge in [-0.3, -0.25) is 4.79 Å². The van der Waals surface area contributed by atoms with E-state index < -0.39 is 0 Å². The van der Waals surface area contributed by atoms with Gasteiger partial charge in [0.25, 0.3) is 0 Å². The van der Waals surface area contributed by atoms with Crippen LogP contribution in [-0.4, -0.2) is 35.0 Å². The van der Waals surface area contributed by atoms with Crippen LogP contribution in [0.25, 0.3) is 33.5 Å². The maximum absolute atomic E-state index is 12.8. The van der Waals surface area contributed by atoms with Crippen molar-refractivity contribution < 1.29 is 4.79 Å². The number of imidazole rings is 1. The summed E-state index contributed by atoms with van der Waals surface area (Å²) in [5, 5.41) is 10.0. The van der Waals surface area contributed by atoms with Crippen molar-refractivity contribution in [3.05, 3.63) is 83.8 Å². The van der Waals surface area contributed by atoms with E-state index in [1.54, 1.807) is 5.56 Å². The van der Waals surface area contributed by atoms with Crippen LogP contribution < -0.4 is 16.0 Å².